The molecule has 0 atom stereocenters. The van der Waals surface area contributed by atoms with E-state index in [2.05, 4.69) is 17.0 Å². The summed E-state index contributed by atoms with van der Waals surface area (Å²) in [7, 11) is 1.62. The summed E-state index contributed by atoms with van der Waals surface area (Å²) in [4.78, 5) is 4.64. The van der Waals surface area contributed by atoms with Gasteiger partial charge >= 0.3 is 0 Å². The van der Waals surface area contributed by atoms with Crippen molar-refractivity contribution in [3.63, 3.8) is 0 Å². The molecule has 0 aliphatic rings. The number of methoxy groups -OCH3 is 1. The van der Waals surface area contributed by atoms with E-state index in [-0.39, 0.29) is 5.75 Å². The minimum Gasteiger partial charge on any atom is -0.507 e. The zero-order valence-electron chi connectivity index (χ0n) is 16.0. The lowest BCUT2D eigenvalue weighted by molar-refractivity contribution is 0.403. The van der Waals surface area contributed by atoms with Crippen LogP contribution >= 0.6 is 11.3 Å². The van der Waals surface area contributed by atoms with Gasteiger partial charge in [0.2, 0.25) is 0 Å². The Morgan fingerprint density at radius 2 is 1.93 bits per heavy atom. The Labute approximate surface area is 167 Å². The summed E-state index contributed by atoms with van der Waals surface area (Å²) < 4.78 is 7.28. The molecule has 0 amide bonds. The zero-order chi connectivity index (χ0) is 19.7. The number of rotatable bonds is 5. The third-order valence-electron chi connectivity index (χ3n) is 4.70. The second-order valence-corrected chi connectivity index (χ2v) is 7.50. The number of ether oxygens (including phenoxy) is 1. The molecule has 0 radical (unpaired) electrons. The van der Waals surface area contributed by atoms with Crippen LogP contribution in [0.2, 0.25) is 0 Å². The van der Waals surface area contributed by atoms with Crippen LogP contribution in [0.1, 0.15) is 17.5 Å². The second-order valence-electron chi connectivity index (χ2n) is 6.44. The average molecular weight is 391 g/mol. The van der Waals surface area contributed by atoms with Crippen LogP contribution in [0, 0.1) is 6.92 Å². The third kappa shape index (κ3) is 3.16. The Morgan fingerprint density at radius 1 is 1.14 bits per heavy atom. The van der Waals surface area contributed by atoms with Gasteiger partial charge in [0.15, 0.2) is 0 Å². The minimum absolute atomic E-state index is 0.153. The van der Waals surface area contributed by atoms with E-state index in [1.807, 2.05) is 59.6 Å². The molecule has 2 aromatic heterocycles. The standard InChI is InChI=1S/C22H21N3O2S/c1-4-15-10-17(20(26)11-21(15)27-3)22-18(19-13-28-14(2)24-19)12-23-25(22)16-8-6-5-7-9-16/h5-13,26H,4H2,1-3H3. The van der Waals surface area contributed by atoms with Crippen molar-refractivity contribution in [1.82, 2.24) is 14.8 Å². The number of para-hydroxylation sites is 1. The highest BCUT2D eigenvalue weighted by Crippen LogP contribution is 2.41. The number of hydrogen-bond donors (Lipinski definition) is 1. The Hall–Kier alpha value is -3.12. The number of aromatic nitrogens is 3. The van der Waals surface area contributed by atoms with Crippen LogP contribution in [0.25, 0.3) is 28.2 Å². The molecule has 2 aromatic carbocycles. The molecule has 0 unspecified atom stereocenters. The van der Waals surface area contributed by atoms with Gasteiger partial charge in [-0.3, -0.25) is 0 Å². The number of benzene rings is 2. The molecule has 0 bridgehead atoms. The molecule has 4 rings (SSSR count). The number of thiazole rings is 1. The van der Waals surface area contributed by atoms with Crippen LogP contribution in [0.5, 0.6) is 11.5 Å². The van der Waals surface area contributed by atoms with Crippen LogP contribution in [0.3, 0.4) is 0 Å². The average Bonchev–Trinajstić information content (AvgIpc) is 3.34. The van der Waals surface area contributed by atoms with Gasteiger partial charge < -0.3 is 9.84 Å². The topological polar surface area (TPSA) is 60.2 Å². The maximum Gasteiger partial charge on any atom is 0.128 e. The monoisotopic (exact) mass is 391 g/mol. The number of phenolic OH excluding ortho intramolecular Hbond substituents is 1. The summed E-state index contributed by atoms with van der Waals surface area (Å²) >= 11 is 1.60. The van der Waals surface area contributed by atoms with Crippen molar-refractivity contribution in [3.05, 3.63) is 64.6 Å². The Kier molecular flexibility index (Phi) is 4.88. The van der Waals surface area contributed by atoms with Crippen LogP contribution in [0.15, 0.2) is 54.0 Å². The largest absolute Gasteiger partial charge is 0.507 e. The molecule has 142 valence electrons. The van der Waals surface area contributed by atoms with Crippen LogP contribution < -0.4 is 4.74 Å². The number of aryl methyl sites for hydroxylation is 2. The number of hydrogen-bond acceptors (Lipinski definition) is 5. The van der Waals surface area contributed by atoms with Gasteiger partial charge in [-0.15, -0.1) is 11.3 Å². The maximum absolute atomic E-state index is 10.8. The van der Waals surface area contributed by atoms with Gasteiger partial charge in [0.1, 0.15) is 11.5 Å². The van der Waals surface area contributed by atoms with Crippen molar-refractivity contribution in [3.8, 4) is 39.7 Å². The summed E-state index contributed by atoms with van der Waals surface area (Å²) in [5, 5.41) is 18.5. The fourth-order valence-electron chi connectivity index (χ4n) is 3.32. The molecule has 2 heterocycles. The van der Waals surface area contributed by atoms with Crippen molar-refractivity contribution in [2.45, 2.75) is 20.3 Å². The molecule has 0 aliphatic heterocycles. The van der Waals surface area contributed by atoms with Gasteiger partial charge in [-0.25, -0.2) is 9.67 Å². The molecular formula is C22H21N3O2S. The van der Waals surface area contributed by atoms with E-state index >= 15 is 0 Å². The molecule has 0 saturated heterocycles. The Morgan fingerprint density at radius 3 is 2.57 bits per heavy atom. The predicted octanol–water partition coefficient (Wildman–Crippen LogP) is 5.25. The van der Waals surface area contributed by atoms with E-state index < -0.39 is 0 Å². The second kappa shape index (κ2) is 7.48. The highest BCUT2D eigenvalue weighted by atomic mass is 32.1. The Balaban J connectivity index is 2.00. The molecule has 6 heteroatoms. The smallest absolute Gasteiger partial charge is 0.128 e. The summed E-state index contributed by atoms with van der Waals surface area (Å²) in [6, 6.07) is 13.6. The van der Waals surface area contributed by atoms with Crippen LogP contribution in [-0.4, -0.2) is 27.0 Å². The number of aromatic hydroxyl groups is 1. The van der Waals surface area contributed by atoms with E-state index in [4.69, 9.17) is 4.74 Å². The first kappa shape index (κ1) is 18.3. The van der Waals surface area contributed by atoms with Crippen molar-refractivity contribution >= 4 is 11.3 Å². The van der Waals surface area contributed by atoms with Gasteiger partial charge in [0.25, 0.3) is 0 Å². The van der Waals surface area contributed by atoms with Crippen molar-refractivity contribution in [1.29, 1.82) is 0 Å². The van der Waals surface area contributed by atoms with Crippen LogP contribution in [0.4, 0.5) is 0 Å². The summed E-state index contributed by atoms with van der Waals surface area (Å²) in [5.41, 5.74) is 5.20. The minimum atomic E-state index is 0.153. The quantitative estimate of drug-likeness (QED) is 0.505. The fourth-order valence-corrected chi connectivity index (χ4v) is 3.93. The van der Waals surface area contributed by atoms with E-state index in [1.54, 1.807) is 24.5 Å². The molecule has 4 aromatic rings. The number of phenols is 1. The molecular weight excluding hydrogens is 370 g/mol. The van der Waals surface area contributed by atoms with Crippen molar-refractivity contribution in [2.24, 2.45) is 0 Å². The Bertz CT molecular complexity index is 1120. The first-order valence-electron chi connectivity index (χ1n) is 9.08. The van der Waals surface area contributed by atoms with Crippen molar-refractivity contribution < 1.29 is 9.84 Å². The van der Waals surface area contributed by atoms with E-state index in [0.29, 0.717) is 11.3 Å². The van der Waals surface area contributed by atoms with Gasteiger partial charge in [-0.05, 0) is 37.1 Å². The highest BCUT2D eigenvalue weighted by Gasteiger charge is 2.22. The van der Waals surface area contributed by atoms with E-state index in [0.717, 1.165) is 39.6 Å². The van der Waals surface area contributed by atoms with E-state index in [1.165, 1.54) is 0 Å². The highest BCUT2D eigenvalue weighted by molar-refractivity contribution is 7.09. The molecule has 0 aliphatic carbocycles. The van der Waals surface area contributed by atoms with E-state index in [9.17, 15) is 5.11 Å². The molecule has 0 saturated carbocycles. The molecule has 1 N–H and O–H groups in total. The normalized spacial score (nSPS) is 11.0. The van der Waals surface area contributed by atoms with Gasteiger partial charge in [-0.1, -0.05) is 25.1 Å². The van der Waals surface area contributed by atoms with Gasteiger partial charge in [-0.2, -0.15) is 5.10 Å². The first-order valence-corrected chi connectivity index (χ1v) is 9.96. The van der Waals surface area contributed by atoms with Gasteiger partial charge in [0, 0.05) is 22.6 Å². The molecule has 28 heavy (non-hydrogen) atoms. The van der Waals surface area contributed by atoms with Crippen molar-refractivity contribution in [2.75, 3.05) is 7.11 Å². The molecule has 0 spiro atoms. The maximum atomic E-state index is 10.8. The van der Waals surface area contributed by atoms with Crippen LogP contribution in [-0.2, 0) is 6.42 Å². The number of nitrogens with zero attached hydrogens (tertiary/aromatic N) is 3. The molecule has 0 fully saturated rings. The lowest BCUT2D eigenvalue weighted by Crippen LogP contribution is -2.01. The summed E-state index contributed by atoms with van der Waals surface area (Å²) in [6.07, 6.45) is 2.60. The SMILES string of the molecule is CCc1cc(-c2c(-c3csc(C)n3)cnn2-c2ccccc2)c(O)cc1OC. The zero-order valence-corrected chi connectivity index (χ0v) is 16.8. The predicted molar refractivity (Wildman–Crippen MR) is 112 cm³/mol. The lowest BCUT2D eigenvalue weighted by atomic mass is 10.0. The summed E-state index contributed by atoms with van der Waals surface area (Å²) in [6.45, 7) is 4.05. The third-order valence-corrected chi connectivity index (χ3v) is 5.47. The fraction of sp³-hybridized carbons (Fsp3) is 0.182. The molecule has 5 nitrogen and oxygen atoms in total. The first-order chi connectivity index (χ1) is 13.6. The van der Waals surface area contributed by atoms with Gasteiger partial charge in [0.05, 0.1) is 35.4 Å². The lowest BCUT2D eigenvalue weighted by Gasteiger charge is -2.14. The summed E-state index contributed by atoms with van der Waals surface area (Å²) in [5.74, 6) is 0.834.